The molecule has 0 radical (unpaired) electrons. The van der Waals surface area contributed by atoms with E-state index in [4.69, 9.17) is 4.74 Å². The lowest BCUT2D eigenvalue weighted by Gasteiger charge is -2.16. The molecule has 22 heavy (non-hydrogen) atoms. The normalized spacial score (nSPS) is 11.7. The predicted molar refractivity (Wildman–Crippen MR) is 90.4 cm³/mol. The van der Waals surface area contributed by atoms with Crippen molar-refractivity contribution >= 4 is 23.4 Å². The van der Waals surface area contributed by atoms with E-state index in [1.54, 1.807) is 6.20 Å². The van der Waals surface area contributed by atoms with Crippen molar-refractivity contribution in [3.8, 4) is 5.75 Å². The smallest absolute Gasteiger partial charge is 0.238 e. The molecule has 0 saturated carbocycles. The van der Waals surface area contributed by atoms with Gasteiger partial charge in [0.1, 0.15) is 5.75 Å². The first-order chi connectivity index (χ1) is 10.7. The minimum Gasteiger partial charge on any atom is -0.492 e. The lowest BCUT2D eigenvalue weighted by molar-refractivity contribution is -0.115. The molecule has 0 spiro atoms. The minimum atomic E-state index is -0.190. The van der Waals surface area contributed by atoms with Gasteiger partial charge in [-0.2, -0.15) is 0 Å². The summed E-state index contributed by atoms with van der Waals surface area (Å²) in [5, 5.41) is 3.61. The Morgan fingerprint density at radius 1 is 1.23 bits per heavy atom. The van der Waals surface area contributed by atoms with Gasteiger partial charge in [0.2, 0.25) is 5.91 Å². The Balaban J connectivity index is 2.06. The van der Waals surface area contributed by atoms with Crippen LogP contribution in [-0.2, 0) is 4.79 Å². The van der Waals surface area contributed by atoms with Crippen molar-refractivity contribution in [1.29, 1.82) is 0 Å². The van der Waals surface area contributed by atoms with Crippen molar-refractivity contribution in [1.82, 2.24) is 4.98 Å². The molecule has 0 bridgehead atoms. The lowest BCUT2D eigenvalue weighted by Crippen LogP contribution is -2.25. The highest BCUT2D eigenvalue weighted by molar-refractivity contribution is 8.00. The molecule has 0 aliphatic heterocycles. The zero-order chi connectivity index (χ0) is 15.8. The first kappa shape index (κ1) is 16.4. The van der Waals surface area contributed by atoms with Crippen LogP contribution in [0.4, 0.5) is 5.69 Å². The fraction of sp³-hybridized carbons (Fsp3) is 0.294. The number of nitrogens with one attached hydrogen (secondary N) is 1. The zero-order valence-electron chi connectivity index (χ0n) is 12.8. The summed E-state index contributed by atoms with van der Waals surface area (Å²) in [6.07, 6.45) is 2.46. The van der Waals surface area contributed by atoms with Gasteiger partial charge in [0.15, 0.2) is 0 Å². The van der Waals surface area contributed by atoms with E-state index >= 15 is 0 Å². The maximum absolute atomic E-state index is 12.5. The number of thioether (sulfide) groups is 1. The molecule has 0 aliphatic carbocycles. The fourth-order valence-electron chi connectivity index (χ4n) is 1.95. The summed E-state index contributed by atoms with van der Waals surface area (Å²) in [4.78, 5) is 16.8. The lowest BCUT2D eigenvalue weighted by atomic mass is 10.2. The van der Waals surface area contributed by atoms with Gasteiger partial charge in [-0.05, 0) is 37.6 Å². The van der Waals surface area contributed by atoms with Gasteiger partial charge >= 0.3 is 0 Å². The van der Waals surface area contributed by atoms with Crippen LogP contribution in [0.25, 0.3) is 0 Å². The standard InChI is InChI=1S/C17H20N2O2S/c1-3-15(22-16-11-7-8-12-18-16)17(20)19-13-9-5-6-10-14(13)21-4-2/h5-12,15H,3-4H2,1-2H3,(H,19,20). The molecule has 1 unspecified atom stereocenters. The number of para-hydroxylation sites is 2. The number of carbonyl (C=O) groups is 1. The van der Waals surface area contributed by atoms with E-state index in [1.807, 2.05) is 56.3 Å². The number of rotatable bonds is 7. The molecule has 1 aromatic carbocycles. The van der Waals surface area contributed by atoms with E-state index in [0.29, 0.717) is 18.0 Å². The predicted octanol–water partition coefficient (Wildman–Crippen LogP) is 3.99. The molecule has 0 aliphatic rings. The van der Waals surface area contributed by atoms with E-state index in [-0.39, 0.29) is 11.2 Å². The Morgan fingerprint density at radius 3 is 2.68 bits per heavy atom. The highest BCUT2D eigenvalue weighted by atomic mass is 32.2. The highest BCUT2D eigenvalue weighted by Gasteiger charge is 2.19. The highest BCUT2D eigenvalue weighted by Crippen LogP contribution is 2.27. The van der Waals surface area contributed by atoms with Gasteiger partial charge < -0.3 is 10.1 Å². The third-order valence-corrected chi connectivity index (χ3v) is 4.32. The van der Waals surface area contributed by atoms with Crippen LogP contribution in [0.1, 0.15) is 20.3 Å². The van der Waals surface area contributed by atoms with E-state index < -0.39 is 0 Å². The molecule has 1 heterocycles. The van der Waals surface area contributed by atoms with Crippen LogP contribution in [0.2, 0.25) is 0 Å². The maximum atomic E-state index is 12.5. The molecule has 0 saturated heterocycles. The van der Waals surface area contributed by atoms with Gasteiger partial charge in [-0.1, -0.05) is 36.9 Å². The molecule has 1 amide bonds. The molecule has 4 nitrogen and oxygen atoms in total. The summed E-state index contributed by atoms with van der Waals surface area (Å²) in [5.74, 6) is 0.654. The topological polar surface area (TPSA) is 51.2 Å². The third-order valence-electron chi connectivity index (χ3n) is 3.01. The van der Waals surface area contributed by atoms with Gasteiger partial charge in [-0.3, -0.25) is 4.79 Å². The number of anilines is 1. The SMILES string of the molecule is CCOc1ccccc1NC(=O)C(CC)Sc1ccccn1. The number of hydrogen-bond donors (Lipinski definition) is 1. The van der Waals surface area contributed by atoms with Crippen molar-refractivity contribution in [2.75, 3.05) is 11.9 Å². The molecule has 2 rings (SSSR count). The molecule has 5 heteroatoms. The molecule has 1 N–H and O–H groups in total. The van der Waals surface area contributed by atoms with Gasteiger partial charge in [0, 0.05) is 6.20 Å². The summed E-state index contributed by atoms with van der Waals surface area (Å²) in [6, 6.07) is 13.2. The van der Waals surface area contributed by atoms with Crippen molar-refractivity contribution in [3.63, 3.8) is 0 Å². The monoisotopic (exact) mass is 316 g/mol. The average molecular weight is 316 g/mol. The second kappa shape index (κ2) is 8.44. The van der Waals surface area contributed by atoms with E-state index in [2.05, 4.69) is 10.3 Å². The number of benzene rings is 1. The van der Waals surface area contributed by atoms with E-state index in [1.165, 1.54) is 11.8 Å². The molecule has 116 valence electrons. The molecule has 1 atom stereocenters. The number of ether oxygens (including phenoxy) is 1. The van der Waals surface area contributed by atoms with Crippen LogP contribution < -0.4 is 10.1 Å². The molecule has 0 fully saturated rings. The van der Waals surface area contributed by atoms with Gasteiger partial charge in [0.25, 0.3) is 0 Å². The first-order valence-electron chi connectivity index (χ1n) is 7.35. The molecule has 2 aromatic rings. The average Bonchev–Trinajstić information content (AvgIpc) is 2.55. The number of pyridine rings is 1. The van der Waals surface area contributed by atoms with Gasteiger partial charge in [-0.25, -0.2) is 4.98 Å². The summed E-state index contributed by atoms with van der Waals surface area (Å²) >= 11 is 1.47. The van der Waals surface area contributed by atoms with Gasteiger partial charge in [0.05, 0.1) is 22.6 Å². The minimum absolute atomic E-state index is 0.0368. The zero-order valence-corrected chi connectivity index (χ0v) is 13.6. The van der Waals surface area contributed by atoms with Crippen LogP contribution >= 0.6 is 11.8 Å². The third kappa shape index (κ3) is 4.49. The summed E-state index contributed by atoms with van der Waals surface area (Å²) < 4.78 is 5.54. The molecule has 1 aromatic heterocycles. The second-order valence-corrected chi connectivity index (χ2v) is 5.82. The summed E-state index contributed by atoms with van der Waals surface area (Å²) in [6.45, 7) is 4.48. The van der Waals surface area contributed by atoms with Crippen LogP contribution in [-0.4, -0.2) is 22.7 Å². The van der Waals surface area contributed by atoms with Crippen LogP contribution in [0.3, 0.4) is 0 Å². The fourth-order valence-corrected chi connectivity index (χ4v) is 2.85. The Hall–Kier alpha value is -2.01. The molecular weight excluding hydrogens is 296 g/mol. The maximum Gasteiger partial charge on any atom is 0.238 e. The number of amides is 1. The van der Waals surface area contributed by atoms with Crippen molar-refractivity contribution in [2.45, 2.75) is 30.5 Å². The second-order valence-electron chi connectivity index (χ2n) is 4.60. The van der Waals surface area contributed by atoms with Crippen molar-refractivity contribution in [3.05, 3.63) is 48.7 Å². The summed E-state index contributed by atoms with van der Waals surface area (Å²) in [5.41, 5.74) is 0.703. The largest absolute Gasteiger partial charge is 0.492 e. The van der Waals surface area contributed by atoms with Crippen molar-refractivity contribution < 1.29 is 9.53 Å². The van der Waals surface area contributed by atoms with Crippen molar-refractivity contribution in [2.24, 2.45) is 0 Å². The molecular formula is C17H20N2O2S. The Kier molecular flexibility index (Phi) is 6.27. The van der Waals surface area contributed by atoms with Crippen LogP contribution in [0, 0.1) is 0 Å². The number of nitrogens with zero attached hydrogens (tertiary/aromatic N) is 1. The van der Waals surface area contributed by atoms with E-state index in [9.17, 15) is 4.79 Å². The number of hydrogen-bond acceptors (Lipinski definition) is 4. The first-order valence-corrected chi connectivity index (χ1v) is 8.23. The van der Waals surface area contributed by atoms with Crippen LogP contribution in [0.5, 0.6) is 5.75 Å². The Morgan fingerprint density at radius 2 is 2.00 bits per heavy atom. The number of carbonyl (C=O) groups excluding carboxylic acids is 1. The van der Waals surface area contributed by atoms with Gasteiger partial charge in [-0.15, -0.1) is 0 Å². The van der Waals surface area contributed by atoms with E-state index in [0.717, 1.165) is 11.4 Å². The van der Waals surface area contributed by atoms with Crippen LogP contribution in [0.15, 0.2) is 53.7 Å². The Bertz CT molecular complexity index is 605. The Labute approximate surface area is 135 Å². The number of aromatic nitrogens is 1. The quantitative estimate of drug-likeness (QED) is 0.785. The summed E-state index contributed by atoms with van der Waals surface area (Å²) in [7, 11) is 0.